The molecule has 0 fully saturated rings. The van der Waals surface area contributed by atoms with Gasteiger partial charge in [0.05, 0.1) is 22.7 Å². The molecule has 102 valence electrons. The lowest BCUT2D eigenvalue weighted by Crippen LogP contribution is -1.91. The number of aromatic nitrogens is 1. The largest absolute Gasteiger partial charge is 0.248 e. The van der Waals surface area contributed by atoms with Gasteiger partial charge >= 0.3 is 0 Å². The molecule has 1 heterocycles. The van der Waals surface area contributed by atoms with Crippen molar-refractivity contribution >= 4 is 21.8 Å². The molecule has 2 nitrogen and oxygen atoms in total. The van der Waals surface area contributed by atoms with Crippen molar-refractivity contribution in [3.8, 4) is 17.2 Å². The molecule has 2 heteroatoms. The van der Waals surface area contributed by atoms with Crippen LogP contribution in [0.15, 0.2) is 72.8 Å². The third-order valence-electron chi connectivity index (χ3n) is 3.90. The van der Waals surface area contributed by atoms with Gasteiger partial charge in [0.25, 0.3) is 0 Å². The van der Waals surface area contributed by atoms with Crippen LogP contribution in [0.25, 0.3) is 32.9 Å². The molecule has 1 aromatic heterocycles. The maximum absolute atomic E-state index is 9.46. The zero-order valence-corrected chi connectivity index (χ0v) is 11.8. The lowest BCUT2D eigenvalue weighted by atomic mass is 9.93. The average Bonchev–Trinajstić information content (AvgIpc) is 2.59. The fourth-order valence-electron chi connectivity index (χ4n) is 2.93. The van der Waals surface area contributed by atoms with Gasteiger partial charge in [-0.3, -0.25) is 0 Å². The minimum Gasteiger partial charge on any atom is -0.248 e. The molecule has 0 spiro atoms. The molecule has 4 aromatic rings. The van der Waals surface area contributed by atoms with E-state index in [2.05, 4.69) is 18.2 Å². The van der Waals surface area contributed by atoms with Gasteiger partial charge < -0.3 is 0 Å². The Morgan fingerprint density at radius 2 is 1.23 bits per heavy atom. The van der Waals surface area contributed by atoms with E-state index in [0.717, 1.165) is 32.9 Å². The van der Waals surface area contributed by atoms with E-state index in [-0.39, 0.29) is 0 Å². The molecule has 0 aliphatic rings. The monoisotopic (exact) mass is 280 g/mol. The summed E-state index contributed by atoms with van der Waals surface area (Å²) in [6.45, 7) is 0. The van der Waals surface area contributed by atoms with Crippen molar-refractivity contribution in [3.05, 3.63) is 78.4 Å². The quantitative estimate of drug-likeness (QED) is 0.464. The van der Waals surface area contributed by atoms with Crippen LogP contribution in [0.5, 0.6) is 0 Å². The average molecular weight is 280 g/mol. The van der Waals surface area contributed by atoms with Crippen LogP contribution in [0, 0.1) is 11.3 Å². The van der Waals surface area contributed by atoms with Gasteiger partial charge in [-0.05, 0) is 18.2 Å². The SMILES string of the molecule is N#Cc1ccccc1-c1c2ccccc2nc2ccccc12. The standard InChI is InChI=1S/C20H12N2/c21-13-14-7-1-2-8-15(14)20-16-9-3-5-11-18(16)22-19-12-6-4-10-17(19)20/h1-12H. The summed E-state index contributed by atoms with van der Waals surface area (Å²) in [5.41, 5.74) is 4.62. The van der Waals surface area contributed by atoms with Crippen molar-refractivity contribution < 1.29 is 0 Å². The molecule has 0 aliphatic carbocycles. The second-order valence-electron chi connectivity index (χ2n) is 5.18. The summed E-state index contributed by atoms with van der Waals surface area (Å²) in [6.07, 6.45) is 0. The van der Waals surface area contributed by atoms with E-state index < -0.39 is 0 Å². The smallest absolute Gasteiger partial charge is 0.0998 e. The number of fused-ring (bicyclic) bond motifs is 2. The highest BCUT2D eigenvalue weighted by atomic mass is 14.7. The van der Waals surface area contributed by atoms with E-state index in [0.29, 0.717) is 5.56 Å². The van der Waals surface area contributed by atoms with Crippen molar-refractivity contribution in [1.29, 1.82) is 5.26 Å². The molecule has 22 heavy (non-hydrogen) atoms. The van der Waals surface area contributed by atoms with Crippen LogP contribution in [-0.2, 0) is 0 Å². The zero-order valence-electron chi connectivity index (χ0n) is 11.8. The Morgan fingerprint density at radius 1 is 0.682 bits per heavy atom. The van der Waals surface area contributed by atoms with Crippen LogP contribution in [0.1, 0.15) is 5.56 Å². The van der Waals surface area contributed by atoms with Crippen LogP contribution in [0.3, 0.4) is 0 Å². The number of nitrogens with zero attached hydrogens (tertiary/aromatic N) is 2. The molecule has 3 aromatic carbocycles. The maximum atomic E-state index is 9.46. The zero-order chi connectivity index (χ0) is 14.9. The first kappa shape index (κ1) is 12.6. The summed E-state index contributed by atoms with van der Waals surface area (Å²) in [6, 6.07) is 26.2. The summed E-state index contributed by atoms with van der Waals surface area (Å²) >= 11 is 0. The fraction of sp³-hybridized carbons (Fsp3) is 0. The Labute approximate surface area is 128 Å². The number of hydrogen-bond acceptors (Lipinski definition) is 2. The Bertz CT molecular complexity index is 988. The topological polar surface area (TPSA) is 36.7 Å². The summed E-state index contributed by atoms with van der Waals surface area (Å²) in [4.78, 5) is 4.74. The van der Waals surface area contributed by atoms with Crippen molar-refractivity contribution in [2.75, 3.05) is 0 Å². The molecule has 0 saturated heterocycles. The minimum absolute atomic E-state index is 0.684. The van der Waals surface area contributed by atoms with Crippen LogP contribution in [0.4, 0.5) is 0 Å². The summed E-state index contributed by atoms with van der Waals surface area (Å²) < 4.78 is 0. The molecule has 0 unspecified atom stereocenters. The second kappa shape index (κ2) is 4.98. The highest BCUT2D eigenvalue weighted by Crippen LogP contribution is 2.36. The first-order valence-electron chi connectivity index (χ1n) is 7.15. The van der Waals surface area contributed by atoms with E-state index in [9.17, 15) is 5.26 Å². The molecule has 0 N–H and O–H groups in total. The third-order valence-corrected chi connectivity index (χ3v) is 3.90. The maximum Gasteiger partial charge on any atom is 0.0998 e. The predicted octanol–water partition coefficient (Wildman–Crippen LogP) is 4.93. The fourth-order valence-corrected chi connectivity index (χ4v) is 2.93. The first-order valence-corrected chi connectivity index (χ1v) is 7.15. The number of pyridine rings is 1. The van der Waals surface area contributed by atoms with Gasteiger partial charge in [-0.1, -0.05) is 54.6 Å². The van der Waals surface area contributed by atoms with Crippen LogP contribution in [-0.4, -0.2) is 4.98 Å². The van der Waals surface area contributed by atoms with E-state index in [1.165, 1.54) is 0 Å². The van der Waals surface area contributed by atoms with E-state index in [1.54, 1.807) is 0 Å². The van der Waals surface area contributed by atoms with Gasteiger partial charge in [0.15, 0.2) is 0 Å². The Morgan fingerprint density at radius 3 is 1.86 bits per heavy atom. The lowest BCUT2D eigenvalue weighted by Gasteiger charge is -2.12. The molecule has 0 bridgehead atoms. The second-order valence-corrected chi connectivity index (χ2v) is 5.18. The molecule has 0 saturated carbocycles. The van der Waals surface area contributed by atoms with Gasteiger partial charge in [0, 0.05) is 21.9 Å². The predicted molar refractivity (Wildman–Crippen MR) is 89.4 cm³/mol. The van der Waals surface area contributed by atoms with E-state index in [4.69, 9.17) is 4.98 Å². The van der Waals surface area contributed by atoms with Gasteiger partial charge in [-0.25, -0.2) is 4.98 Å². The van der Waals surface area contributed by atoms with Crippen molar-refractivity contribution in [3.63, 3.8) is 0 Å². The normalized spacial score (nSPS) is 10.7. The highest BCUT2D eigenvalue weighted by Gasteiger charge is 2.13. The van der Waals surface area contributed by atoms with E-state index >= 15 is 0 Å². The first-order chi connectivity index (χ1) is 10.9. The molecule has 0 radical (unpaired) electrons. The van der Waals surface area contributed by atoms with Gasteiger partial charge in [0.2, 0.25) is 0 Å². The summed E-state index contributed by atoms with van der Waals surface area (Å²) in [5, 5.41) is 11.6. The van der Waals surface area contributed by atoms with Gasteiger partial charge in [-0.15, -0.1) is 0 Å². The molecule has 4 rings (SSSR count). The Hall–Kier alpha value is -3.18. The van der Waals surface area contributed by atoms with Crippen molar-refractivity contribution in [2.24, 2.45) is 0 Å². The molecule has 0 atom stereocenters. The van der Waals surface area contributed by atoms with Gasteiger partial charge in [0.1, 0.15) is 0 Å². The van der Waals surface area contributed by atoms with Crippen LogP contribution < -0.4 is 0 Å². The Kier molecular flexibility index (Phi) is 2.84. The van der Waals surface area contributed by atoms with Crippen molar-refractivity contribution in [2.45, 2.75) is 0 Å². The van der Waals surface area contributed by atoms with Crippen molar-refractivity contribution in [1.82, 2.24) is 4.98 Å². The highest BCUT2D eigenvalue weighted by molar-refractivity contribution is 6.10. The number of hydrogen-bond donors (Lipinski definition) is 0. The van der Waals surface area contributed by atoms with Crippen LogP contribution >= 0.6 is 0 Å². The number of nitriles is 1. The summed E-state index contributed by atoms with van der Waals surface area (Å²) in [5.74, 6) is 0. The Balaban J connectivity index is 2.25. The minimum atomic E-state index is 0.684. The molecular weight excluding hydrogens is 268 g/mol. The molecule has 0 amide bonds. The van der Waals surface area contributed by atoms with Gasteiger partial charge in [-0.2, -0.15) is 5.26 Å². The third kappa shape index (κ3) is 1.84. The summed E-state index contributed by atoms with van der Waals surface area (Å²) in [7, 11) is 0. The number of benzene rings is 3. The number of para-hydroxylation sites is 2. The lowest BCUT2D eigenvalue weighted by molar-refractivity contribution is 1.47. The molecule has 0 aliphatic heterocycles. The van der Waals surface area contributed by atoms with Crippen LogP contribution in [0.2, 0.25) is 0 Å². The van der Waals surface area contributed by atoms with E-state index in [1.807, 2.05) is 60.7 Å². The molecular formula is C20H12N2. The number of rotatable bonds is 1.